The Morgan fingerprint density at radius 2 is 2.08 bits per heavy atom. The summed E-state index contributed by atoms with van der Waals surface area (Å²) < 4.78 is 5.21. The molecule has 0 unspecified atom stereocenters. The van der Waals surface area contributed by atoms with Crippen molar-refractivity contribution in [3.05, 3.63) is 52.7 Å². The van der Waals surface area contributed by atoms with Gasteiger partial charge in [-0.3, -0.25) is 0 Å². The smallest absolute Gasteiger partial charge is 0.132 e. The molecule has 1 aliphatic heterocycles. The number of hydrogen-bond donors (Lipinski definition) is 1. The molecule has 1 saturated carbocycles. The van der Waals surface area contributed by atoms with Gasteiger partial charge in [0.1, 0.15) is 11.6 Å². The fourth-order valence-electron chi connectivity index (χ4n) is 3.78. The van der Waals surface area contributed by atoms with Crippen LogP contribution in [0.3, 0.4) is 0 Å². The molecule has 1 fully saturated rings. The summed E-state index contributed by atoms with van der Waals surface area (Å²) in [5, 5.41) is 13.0. The highest BCUT2D eigenvalue weighted by Crippen LogP contribution is 2.51. The molecule has 4 rings (SSSR count). The summed E-state index contributed by atoms with van der Waals surface area (Å²) in [4.78, 5) is 6.84. The second kappa shape index (κ2) is 5.67. The van der Waals surface area contributed by atoms with Crippen LogP contribution in [0.5, 0.6) is 5.75 Å². The van der Waals surface area contributed by atoms with Crippen molar-refractivity contribution in [2.24, 2.45) is 5.16 Å². The summed E-state index contributed by atoms with van der Waals surface area (Å²) >= 11 is 6.17. The molecule has 1 N–H and O–H groups in total. The molecule has 0 radical (unpaired) electrons. The molecule has 124 valence electrons. The van der Waals surface area contributed by atoms with Crippen molar-refractivity contribution in [2.75, 3.05) is 18.6 Å². The standard InChI is InChI=1S/C18H18ClN3O2/c1-24-15-4-2-12(3-5-15)10-22-11-18(7-14(8-18)21-23)16-6-13(19)9-20-17(16)22/h2-6,9,23H,7-8,10-11H2,1H3. The van der Waals surface area contributed by atoms with Gasteiger partial charge >= 0.3 is 0 Å². The van der Waals surface area contributed by atoms with Gasteiger partial charge in [0.25, 0.3) is 0 Å². The van der Waals surface area contributed by atoms with Crippen LogP contribution in [0, 0.1) is 0 Å². The van der Waals surface area contributed by atoms with Crippen LogP contribution in [-0.4, -0.2) is 29.6 Å². The molecule has 2 aliphatic rings. The first-order chi connectivity index (χ1) is 11.6. The minimum Gasteiger partial charge on any atom is -0.497 e. The Morgan fingerprint density at radius 1 is 1.33 bits per heavy atom. The molecule has 1 spiro atoms. The number of oxime groups is 1. The lowest BCUT2D eigenvalue weighted by Gasteiger charge is -2.39. The number of fused-ring (bicyclic) bond motifs is 2. The molecule has 1 aromatic heterocycles. The number of nitrogens with zero attached hydrogens (tertiary/aromatic N) is 3. The number of ether oxygens (including phenoxy) is 1. The lowest BCUT2D eigenvalue weighted by Crippen LogP contribution is -2.45. The number of benzene rings is 1. The molecule has 0 amide bonds. The Labute approximate surface area is 145 Å². The van der Waals surface area contributed by atoms with Gasteiger partial charge in [-0.2, -0.15) is 0 Å². The summed E-state index contributed by atoms with van der Waals surface area (Å²) in [6, 6.07) is 10.1. The molecule has 2 aromatic rings. The highest BCUT2D eigenvalue weighted by molar-refractivity contribution is 6.30. The van der Waals surface area contributed by atoms with E-state index in [2.05, 4.69) is 27.2 Å². The molecular weight excluding hydrogens is 326 g/mol. The van der Waals surface area contributed by atoms with E-state index in [1.807, 2.05) is 18.2 Å². The van der Waals surface area contributed by atoms with E-state index in [1.54, 1.807) is 13.3 Å². The number of pyridine rings is 1. The molecule has 1 aromatic carbocycles. The Bertz CT molecular complexity index is 796. The second-order valence-corrected chi connectivity index (χ2v) is 6.97. The molecule has 5 nitrogen and oxygen atoms in total. The van der Waals surface area contributed by atoms with Crippen molar-refractivity contribution in [1.29, 1.82) is 0 Å². The molecule has 0 atom stereocenters. The fraction of sp³-hybridized carbons (Fsp3) is 0.333. The molecule has 24 heavy (non-hydrogen) atoms. The van der Waals surface area contributed by atoms with E-state index < -0.39 is 0 Å². The van der Waals surface area contributed by atoms with Crippen molar-refractivity contribution >= 4 is 23.1 Å². The van der Waals surface area contributed by atoms with Crippen LogP contribution in [0.4, 0.5) is 5.82 Å². The van der Waals surface area contributed by atoms with Crippen molar-refractivity contribution in [3.8, 4) is 5.75 Å². The average molecular weight is 344 g/mol. The number of anilines is 1. The van der Waals surface area contributed by atoms with E-state index in [0.29, 0.717) is 5.02 Å². The summed E-state index contributed by atoms with van der Waals surface area (Å²) in [5.74, 6) is 1.83. The van der Waals surface area contributed by atoms with Crippen LogP contribution in [0.1, 0.15) is 24.0 Å². The third-order valence-corrected chi connectivity index (χ3v) is 5.16. The summed E-state index contributed by atoms with van der Waals surface area (Å²) in [7, 11) is 1.67. The SMILES string of the molecule is COc1ccc(CN2CC3(CC(=NO)C3)c3cc(Cl)cnc32)cc1. The topological polar surface area (TPSA) is 58.0 Å². The van der Waals surface area contributed by atoms with Gasteiger partial charge in [-0.15, -0.1) is 0 Å². The molecule has 2 heterocycles. The van der Waals surface area contributed by atoms with E-state index in [4.69, 9.17) is 21.5 Å². The van der Waals surface area contributed by atoms with E-state index in [1.165, 1.54) is 5.56 Å². The van der Waals surface area contributed by atoms with Gasteiger partial charge in [-0.05, 0) is 23.8 Å². The van der Waals surface area contributed by atoms with Gasteiger partial charge < -0.3 is 14.8 Å². The Morgan fingerprint density at radius 3 is 2.75 bits per heavy atom. The quantitative estimate of drug-likeness (QED) is 0.683. The van der Waals surface area contributed by atoms with Gasteiger partial charge in [0, 0.05) is 43.1 Å². The van der Waals surface area contributed by atoms with Gasteiger partial charge in [0.2, 0.25) is 0 Å². The number of halogens is 1. The fourth-order valence-corrected chi connectivity index (χ4v) is 3.94. The monoisotopic (exact) mass is 343 g/mol. The van der Waals surface area contributed by atoms with E-state index in [9.17, 15) is 0 Å². The average Bonchev–Trinajstić information content (AvgIpc) is 2.88. The number of hydrogen-bond acceptors (Lipinski definition) is 5. The number of rotatable bonds is 3. The maximum Gasteiger partial charge on any atom is 0.132 e. The van der Waals surface area contributed by atoms with Crippen molar-refractivity contribution in [3.63, 3.8) is 0 Å². The first kappa shape index (κ1) is 15.3. The summed E-state index contributed by atoms with van der Waals surface area (Å²) in [5.41, 5.74) is 3.18. The predicted octanol–water partition coefficient (Wildman–Crippen LogP) is 3.63. The Kier molecular flexibility index (Phi) is 3.61. The summed E-state index contributed by atoms with van der Waals surface area (Å²) in [6.45, 7) is 1.64. The zero-order valence-corrected chi connectivity index (χ0v) is 14.1. The van der Waals surface area contributed by atoms with Gasteiger partial charge in [-0.25, -0.2) is 4.98 Å². The highest BCUT2D eigenvalue weighted by atomic mass is 35.5. The summed E-state index contributed by atoms with van der Waals surface area (Å²) in [6.07, 6.45) is 3.22. The zero-order chi connectivity index (χ0) is 16.7. The van der Waals surface area contributed by atoms with Gasteiger partial charge in [0.15, 0.2) is 0 Å². The predicted molar refractivity (Wildman–Crippen MR) is 93.4 cm³/mol. The van der Waals surface area contributed by atoms with Crippen molar-refractivity contribution in [2.45, 2.75) is 24.8 Å². The first-order valence-electron chi connectivity index (χ1n) is 7.87. The third-order valence-electron chi connectivity index (χ3n) is 4.96. The lowest BCUT2D eigenvalue weighted by atomic mass is 9.64. The second-order valence-electron chi connectivity index (χ2n) is 6.53. The molecule has 0 bridgehead atoms. The van der Waals surface area contributed by atoms with Gasteiger partial charge in [0.05, 0.1) is 17.8 Å². The van der Waals surface area contributed by atoms with E-state index in [0.717, 1.165) is 48.8 Å². The highest BCUT2D eigenvalue weighted by Gasteiger charge is 2.51. The van der Waals surface area contributed by atoms with Crippen LogP contribution in [0.25, 0.3) is 0 Å². The van der Waals surface area contributed by atoms with Crippen molar-refractivity contribution in [1.82, 2.24) is 4.98 Å². The Hall–Kier alpha value is -2.27. The maximum atomic E-state index is 9.00. The van der Waals surface area contributed by atoms with E-state index in [-0.39, 0.29) is 5.41 Å². The molecule has 1 aliphatic carbocycles. The van der Waals surface area contributed by atoms with Crippen LogP contribution in [0.2, 0.25) is 5.02 Å². The van der Waals surface area contributed by atoms with Crippen LogP contribution >= 0.6 is 11.6 Å². The molecular formula is C18H18ClN3O2. The first-order valence-corrected chi connectivity index (χ1v) is 8.25. The zero-order valence-electron chi connectivity index (χ0n) is 13.4. The van der Waals surface area contributed by atoms with E-state index >= 15 is 0 Å². The molecule has 0 saturated heterocycles. The molecule has 6 heteroatoms. The van der Waals surface area contributed by atoms with Crippen molar-refractivity contribution < 1.29 is 9.94 Å². The normalized spacial score (nSPS) is 21.6. The lowest BCUT2D eigenvalue weighted by molar-refractivity contribution is 0.299. The Balaban J connectivity index is 1.63. The van der Waals surface area contributed by atoms with Crippen LogP contribution in [-0.2, 0) is 12.0 Å². The van der Waals surface area contributed by atoms with Gasteiger partial charge in [-0.1, -0.05) is 28.9 Å². The minimum atomic E-state index is -0.0265. The van der Waals surface area contributed by atoms with Crippen LogP contribution in [0.15, 0.2) is 41.7 Å². The third kappa shape index (κ3) is 2.40. The largest absolute Gasteiger partial charge is 0.497 e. The maximum absolute atomic E-state index is 9.00. The number of methoxy groups -OCH3 is 1. The van der Waals surface area contributed by atoms with Crippen LogP contribution < -0.4 is 9.64 Å². The minimum absolute atomic E-state index is 0.0265. The number of aromatic nitrogens is 1.